The fourth-order valence-electron chi connectivity index (χ4n) is 1.59. The van der Waals surface area contributed by atoms with E-state index in [0.717, 1.165) is 30.1 Å². The minimum atomic E-state index is -0.924. The number of carbonyl (C=O) groups is 1. The molecule has 0 radical (unpaired) electrons. The highest BCUT2D eigenvalue weighted by Gasteiger charge is 1.95. The van der Waals surface area contributed by atoms with Gasteiger partial charge in [0.1, 0.15) is 0 Å². The third-order valence-corrected chi connectivity index (χ3v) is 2.53. The number of aryl methyl sites for hydroxylation is 1. The van der Waals surface area contributed by atoms with Crippen molar-refractivity contribution in [3.8, 4) is 0 Å². The van der Waals surface area contributed by atoms with E-state index in [2.05, 4.69) is 31.2 Å². The van der Waals surface area contributed by atoms with Crippen LogP contribution in [0, 0.1) is 0 Å². The molecule has 0 unspecified atom stereocenters. The summed E-state index contributed by atoms with van der Waals surface area (Å²) in [6.45, 7) is 4.14. The Hall–Kier alpha value is -1.83. The van der Waals surface area contributed by atoms with E-state index in [1.165, 1.54) is 5.56 Å². The van der Waals surface area contributed by atoms with Crippen LogP contribution in [0.15, 0.2) is 42.5 Å². The molecule has 0 heterocycles. The number of carboxylic acids is 1. The number of allylic oxidation sites excluding steroid dienone is 3. The Labute approximate surface area is 102 Å². The van der Waals surface area contributed by atoms with Crippen molar-refractivity contribution in [2.75, 3.05) is 0 Å². The van der Waals surface area contributed by atoms with E-state index in [0.29, 0.717) is 0 Å². The normalized spacial score (nSPS) is 12.0. The maximum atomic E-state index is 10.3. The molecule has 1 rings (SSSR count). The van der Waals surface area contributed by atoms with Gasteiger partial charge in [0.25, 0.3) is 0 Å². The maximum Gasteiger partial charge on any atom is 0.328 e. The Balaban J connectivity index is 2.75. The van der Waals surface area contributed by atoms with Gasteiger partial charge in [-0.05, 0) is 30.0 Å². The van der Waals surface area contributed by atoms with Crippen LogP contribution in [0.3, 0.4) is 0 Å². The average Bonchev–Trinajstić information content (AvgIpc) is 2.30. The fraction of sp³-hybridized carbons (Fsp3) is 0.267. The summed E-state index contributed by atoms with van der Waals surface area (Å²) >= 11 is 0. The van der Waals surface area contributed by atoms with Gasteiger partial charge in [-0.15, -0.1) is 0 Å². The largest absolute Gasteiger partial charge is 0.478 e. The van der Waals surface area contributed by atoms with E-state index in [9.17, 15) is 4.79 Å². The minimum Gasteiger partial charge on any atom is -0.478 e. The van der Waals surface area contributed by atoms with Crippen molar-refractivity contribution >= 4 is 11.5 Å². The van der Waals surface area contributed by atoms with Gasteiger partial charge in [0.2, 0.25) is 0 Å². The summed E-state index contributed by atoms with van der Waals surface area (Å²) in [6.07, 6.45) is 6.74. The number of hydrogen-bond acceptors (Lipinski definition) is 1. The lowest BCUT2D eigenvalue weighted by Gasteiger charge is -2.03. The second kappa shape index (κ2) is 6.69. The van der Waals surface area contributed by atoms with Gasteiger partial charge in [0.15, 0.2) is 0 Å². The van der Waals surface area contributed by atoms with Crippen LogP contribution in [-0.2, 0) is 11.2 Å². The monoisotopic (exact) mass is 230 g/mol. The summed E-state index contributed by atoms with van der Waals surface area (Å²) in [4.78, 5) is 10.3. The molecule has 1 aromatic carbocycles. The molecule has 0 amide bonds. The molecule has 0 aliphatic rings. The van der Waals surface area contributed by atoms with E-state index < -0.39 is 5.97 Å². The molecule has 2 heteroatoms. The van der Waals surface area contributed by atoms with Crippen LogP contribution in [0.1, 0.15) is 31.4 Å². The third-order valence-electron chi connectivity index (χ3n) is 2.53. The standard InChI is InChI=1S/C15H18O2/c1-3-5-13-8-10-14(11-9-13)12(2)6-4-7-15(16)17/h4,6-11H,3,5H2,1-2H3,(H,16,17)/b7-4+,12-6+. The molecule has 90 valence electrons. The smallest absolute Gasteiger partial charge is 0.328 e. The second-order valence-corrected chi connectivity index (χ2v) is 3.99. The van der Waals surface area contributed by atoms with Crippen molar-refractivity contribution in [2.45, 2.75) is 26.7 Å². The highest BCUT2D eigenvalue weighted by molar-refractivity contribution is 5.80. The Kier molecular flexibility index (Phi) is 5.21. The zero-order valence-corrected chi connectivity index (χ0v) is 10.3. The summed E-state index contributed by atoms with van der Waals surface area (Å²) in [6, 6.07) is 8.39. The van der Waals surface area contributed by atoms with Crippen molar-refractivity contribution in [2.24, 2.45) is 0 Å². The third kappa shape index (κ3) is 4.68. The van der Waals surface area contributed by atoms with Crippen LogP contribution >= 0.6 is 0 Å². The van der Waals surface area contributed by atoms with E-state index in [1.54, 1.807) is 6.08 Å². The summed E-state index contributed by atoms with van der Waals surface area (Å²) in [5, 5.41) is 8.48. The number of carboxylic acid groups (broad SMARTS) is 1. The number of aliphatic carboxylic acids is 1. The zero-order valence-electron chi connectivity index (χ0n) is 10.3. The fourth-order valence-corrected chi connectivity index (χ4v) is 1.59. The lowest BCUT2D eigenvalue weighted by Crippen LogP contribution is -1.86. The topological polar surface area (TPSA) is 37.3 Å². The molecule has 2 nitrogen and oxygen atoms in total. The summed E-state index contributed by atoms with van der Waals surface area (Å²) in [7, 11) is 0. The molecular weight excluding hydrogens is 212 g/mol. The van der Waals surface area contributed by atoms with Gasteiger partial charge in [-0.3, -0.25) is 0 Å². The summed E-state index contributed by atoms with van der Waals surface area (Å²) in [5.74, 6) is -0.924. The molecule has 0 saturated carbocycles. The van der Waals surface area contributed by atoms with Crippen LogP contribution in [-0.4, -0.2) is 11.1 Å². The van der Waals surface area contributed by atoms with Gasteiger partial charge in [-0.2, -0.15) is 0 Å². The first-order valence-corrected chi connectivity index (χ1v) is 5.80. The Morgan fingerprint density at radius 1 is 1.29 bits per heavy atom. The van der Waals surface area contributed by atoms with Gasteiger partial charge < -0.3 is 5.11 Å². The lowest BCUT2D eigenvalue weighted by molar-refractivity contribution is -0.131. The lowest BCUT2D eigenvalue weighted by atomic mass is 10.0. The van der Waals surface area contributed by atoms with Crippen LogP contribution in [0.5, 0.6) is 0 Å². The molecule has 0 fully saturated rings. The molecule has 17 heavy (non-hydrogen) atoms. The molecule has 0 saturated heterocycles. The van der Waals surface area contributed by atoms with E-state index >= 15 is 0 Å². The maximum absolute atomic E-state index is 10.3. The number of rotatable bonds is 5. The molecule has 1 N–H and O–H groups in total. The van der Waals surface area contributed by atoms with Gasteiger partial charge in [-0.1, -0.05) is 49.8 Å². The van der Waals surface area contributed by atoms with Crippen molar-refractivity contribution in [1.29, 1.82) is 0 Å². The Morgan fingerprint density at radius 2 is 1.94 bits per heavy atom. The van der Waals surface area contributed by atoms with Gasteiger partial charge >= 0.3 is 5.97 Å². The van der Waals surface area contributed by atoms with Crippen molar-refractivity contribution in [1.82, 2.24) is 0 Å². The quantitative estimate of drug-likeness (QED) is 0.618. The molecular formula is C15H18O2. The molecule has 0 aromatic heterocycles. The minimum absolute atomic E-state index is 0.924. The molecule has 0 atom stereocenters. The predicted octanol–water partition coefficient (Wildman–Crippen LogP) is 3.68. The highest BCUT2D eigenvalue weighted by Crippen LogP contribution is 2.15. The average molecular weight is 230 g/mol. The van der Waals surface area contributed by atoms with Gasteiger partial charge in [-0.25, -0.2) is 4.79 Å². The first-order chi connectivity index (χ1) is 8.13. The van der Waals surface area contributed by atoms with Crippen LogP contribution in [0.2, 0.25) is 0 Å². The van der Waals surface area contributed by atoms with Crippen molar-refractivity contribution < 1.29 is 9.90 Å². The van der Waals surface area contributed by atoms with Crippen molar-refractivity contribution in [3.05, 3.63) is 53.6 Å². The molecule has 0 spiro atoms. The SMILES string of the molecule is CCCc1ccc(/C(C)=C/C=C/C(=O)O)cc1. The zero-order chi connectivity index (χ0) is 12.7. The highest BCUT2D eigenvalue weighted by atomic mass is 16.4. The molecule has 0 aliphatic carbocycles. The number of hydrogen-bond donors (Lipinski definition) is 1. The van der Waals surface area contributed by atoms with Crippen LogP contribution in [0.4, 0.5) is 0 Å². The van der Waals surface area contributed by atoms with Crippen LogP contribution < -0.4 is 0 Å². The molecule has 0 bridgehead atoms. The predicted molar refractivity (Wildman–Crippen MR) is 70.9 cm³/mol. The first kappa shape index (κ1) is 13.2. The summed E-state index contributed by atoms with van der Waals surface area (Å²) in [5.41, 5.74) is 3.52. The van der Waals surface area contributed by atoms with Crippen LogP contribution in [0.25, 0.3) is 5.57 Å². The van der Waals surface area contributed by atoms with E-state index in [4.69, 9.17) is 5.11 Å². The van der Waals surface area contributed by atoms with Crippen molar-refractivity contribution in [3.63, 3.8) is 0 Å². The Morgan fingerprint density at radius 3 is 2.47 bits per heavy atom. The molecule has 0 aliphatic heterocycles. The molecule has 1 aromatic rings. The van der Waals surface area contributed by atoms with Gasteiger partial charge in [0.05, 0.1) is 0 Å². The van der Waals surface area contributed by atoms with E-state index in [-0.39, 0.29) is 0 Å². The Bertz CT molecular complexity index is 425. The summed E-state index contributed by atoms with van der Waals surface area (Å²) < 4.78 is 0. The number of benzene rings is 1. The second-order valence-electron chi connectivity index (χ2n) is 3.99. The van der Waals surface area contributed by atoms with Gasteiger partial charge in [0, 0.05) is 6.08 Å². The first-order valence-electron chi connectivity index (χ1n) is 5.80. The van der Waals surface area contributed by atoms with E-state index in [1.807, 2.05) is 13.0 Å².